The minimum atomic E-state index is -0.0633. The predicted octanol–water partition coefficient (Wildman–Crippen LogP) is 2.01. The van der Waals surface area contributed by atoms with Crippen LogP contribution in [0.4, 0.5) is 5.69 Å². The molecule has 0 unspecified atom stereocenters. The van der Waals surface area contributed by atoms with E-state index in [1.54, 1.807) is 36.2 Å². The number of methoxy groups -OCH3 is 1. The molecule has 0 radical (unpaired) electrons. The minimum Gasteiger partial charge on any atom is -0.496 e. The van der Waals surface area contributed by atoms with E-state index in [0.29, 0.717) is 38.3 Å². The molecule has 0 saturated carbocycles. The second-order valence-electron chi connectivity index (χ2n) is 6.43. The molecule has 7 heteroatoms. The quantitative estimate of drug-likeness (QED) is 0.874. The van der Waals surface area contributed by atoms with E-state index < -0.39 is 0 Å². The highest BCUT2D eigenvalue weighted by atomic mass is 16.5. The summed E-state index contributed by atoms with van der Waals surface area (Å²) in [5, 5.41) is 3.29. The zero-order valence-corrected chi connectivity index (χ0v) is 15.6. The van der Waals surface area contributed by atoms with E-state index in [0.717, 1.165) is 17.0 Å². The van der Waals surface area contributed by atoms with Gasteiger partial charge in [-0.25, -0.2) is 0 Å². The molecule has 0 spiro atoms. The van der Waals surface area contributed by atoms with Gasteiger partial charge < -0.3 is 19.9 Å². The maximum atomic E-state index is 12.7. The van der Waals surface area contributed by atoms with Crippen molar-refractivity contribution in [3.63, 3.8) is 0 Å². The molecule has 3 rings (SSSR count). The highest BCUT2D eigenvalue weighted by Crippen LogP contribution is 2.19. The maximum Gasteiger partial charge on any atom is 0.255 e. The molecule has 2 aromatic rings. The summed E-state index contributed by atoms with van der Waals surface area (Å²) in [6.07, 6.45) is 3.27. The summed E-state index contributed by atoms with van der Waals surface area (Å²) < 4.78 is 5.36. The monoisotopic (exact) mass is 368 g/mol. The van der Waals surface area contributed by atoms with Crippen molar-refractivity contribution in [2.75, 3.05) is 38.6 Å². The van der Waals surface area contributed by atoms with Gasteiger partial charge in [-0.05, 0) is 12.1 Å². The van der Waals surface area contributed by atoms with Crippen LogP contribution in [-0.4, -0.2) is 59.9 Å². The number of nitrogens with zero attached hydrogens (tertiary/aromatic N) is 3. The first-order chi connectivity index (χ1) is 13.1. The third kappa shape index (κ3) is 4.55. The van der Waals surface area contributed by atoms with Gasteiger partial charge in [0.2, 0.25) is 5.91 Å². The van der Waals surface area contributed by atoms with Crippen molar-refractivity contribution in [3.8, 4) is 5.75 Å². The highest BCUT2D eigenvalue weighted by Gasteiger charge is 2.23. The van der Waals surface area contributed by atoms with E-state index in [4.69, 9.17) is 4.74 Å². The van der Waals surface area contributed by atoms with Gasteiger partial charge in [-0.2, -0.15) is 0 Å². The number of piperazine rings is 1. The fourth-order valence-corrected chi connectivity index (χ4v) is 3.11. The summed E-state index contributed by atoms with van der Waals surface area (Å²) in [5.41, 5.74) is 2.34. The number of amides is 2. The first-order valence-corrected chi connectivity index (χ1v) is 8.94. The number of rotatable bonds is 5. The van der Waals surface area contributed by atoms with Crippen molar-refractivity contribution < 1.29 is 14.3 Å². The molecule has 27 heavy (non-hydrogen) atoms. The molecule has 0 aliphatic carbocycles. The summed E-state index contributed by atoms with van der Waals surface area (Å²) in [5.74, 6) is 0.798. The van der Waals surface area contributed by atoms with E-state index in [1.165, 1.54) is 0 Å². The Morgan fingerprint density at radius 1 is 1.11 bits per heavy atom. The number of ether oxygens (including phenoxy) is 1. The van der Waals surface area contributed by atoms with Gasteiger partial charge in [0.15, 0.2) is 0 Å². The molecule has 1 N–H and O–H groups in total. The molecule has 1 saturated heterocycles. The van der Waals surface area contributed by atoms with Crippen LogP contribution < -0.4 is 10.1 Å². The number of hydrogen-bond donors (Lipinski definition) is 1. The van der Waals surface area contributed by atoms with Gasteiger partial charge in [0.05, 0.1) is 18.4 Å². The lowest BCUT2D eigenvalue weighted by Gasteiger charge is -2.34. The summed E-state index contributed by atoms with van der Waals surface area (Å²) in [6, 6.07) is 9.59. The van der Waals surface area contributed by atoms with Crippen LogP contribution in [0.25, 0.3) is 0 Å². The Labute approximate surface area is 158 Å². The van der Waals surface area contributed by atoms with Gasteiger partial charge in [-0.3, -0.25) is 14.6 Å². The van der Waals surface area contributed by atoms with Crippen LogP contribution in [0.1, 0.15) is 22.8 Å². The van der Waals surface area contributed by atoms with E-state index in [9.17, 15) is 9.59 Å². The van der Waals surface area contributed by atoms with Crippen molar-refractivity contribution in [1.82, 2.24) is 14.8 Å². The van der Waals surface area contributed by atoms with Gasteiger partial charge in [0.25, 0.3) is 5.91 Å². The molecule has 1 aromatic carbocycles. The number of pyridine rings is 1. The zero-order valence-electron chi connectivity index (χ0n) is 15.6. The Bertz CT molecular complexity index is 816. The fraction of sp³-hybridized carbons (Fsp3) is 0.350. The molecule has 7 nitrogen and oxygen atoms in total. The third-order valence-corrected chi connectivity index (χ3v) is 4.67. The van der Waals surface area contributed by atoms with E-state index in [-0.39, 0.29) is 11.8 Å². The lowest BCUT2D eigenvalue weighted by Crippen LogP contribution is -2.50. The van der Waals surface area contributed by atoms with Crippen molar-refractivity contribution >= 4 is 17.5 Å². The van der Waals surface area contributed by atoms with Gasteiger partial charge in [0.1, 0.15) is 5.75 Å². The van der Waals surface area contributed by atoms with Crippen LogP contribution in [0.15, 0.2) is 42.7 Å². The average Bonchev–Trinajstić information content (AvgIpc) is 2.72. The number of nitrogens with one attached hydrogen (secondary N) is 1. The third-order valence-electron chi connectivity index (χ3n) is 4.67. The van der Waals surface area contributed by atoms with Crippen LogP contribution in [0.5, 0.6) is 5.75 Å². The van der Waals surface area contributed by atoms with Crippen LogP contribution in [0.3, 0.4) is 0 Å². The van der Waals surface area contributed by atoms with Crippen molar-refractivity contribution in [2.45, 2.75) is 13.5 Å². The molecule has 1 aliphatic heterocycles. The van der Waals surface area contributed by atoms with Crippen molar-refractivity contribution in [1.29, 1.82) is 0 Å². The molecular weight excluding hydrogens is 344 g/mol. The second kappa shape index (κ2) is 8.53. The van der Waals surface area contributed by atoms with E-state index >= 15 is 0 Å². The topological polar surface area (TPSA) is 74.8 Å². The van der Waals surface area contributed by atoms with Gasteiger partial charge >= 0.3 is 0 Å². The Kier molecular flexibility index (Phi) is 5.90. The number of hydrogen-bond acceptors (Lipinski definition) is 5. The lowest BCUT2D eigenvalue weighted by atomic mass is 10.2. The molecule has 1 aliphatic rings. The second-order valence-corrected chi connectivity index (χ2v) is 6.43. The predicted molar refractivity (Wildman–Crippen MR) is 103 cm³/mol. The largest absolute Gasteiger partial charge is 0.496 e. The molecular formula is C20H24N4O3. The Hall–Kier alpha value is -3.09. The SMILES string of the molecule is COc1ccccc1CNc1cncc(C(=O)N2CCN(C(C)=O)CC2)c1. The summed E-state index contributed by atoms with van der Waals surface area (Å²) in [7, 11) is 1.64. The molecule has 142 valence electrons. The number of anilines is 1. The Morgan fingerprint density at radius 2 is 1.81 bits per heavy atom. The standard InChI is InChI=1S/C20H24N4O3/c1-15(25)23-7-9-24(10-8-23)20(26)17-11-18(14-21-12-17)22-13-16-5-3-4-6-19(16)27-2/h3-6,11-12,14,22H,7-10,13H2,1-2H3. The van der Waals surface area contributed by atoms with Crippen LogP contribution in [-0.2, 0) is 11.3 Å². The number of aromatic nitrogens is 1. The zero-order chi connectivity index (χ0) is 19.2. The molecule has 2 heterocycles. The first-order valence-electron chi connectivity index (χ1n) is 8.94. The Morgan fingerprint density at radius 3 is 2.52 bits per heavy atom. The van der Waals surface area contributed by atoms with Gasteiger partial charge in [0, 0.05) is 57.6 Å². The molecule has 0 bridgehead atoms. The Balaban J connectivity index is 1.63. The number of para-hydroxylation sites is 1. The molecule has 1 fully saturated rings. The maximum absolute atomic E-state index is 12.7. The first kappa shape index (κ1) is 18.7. The van der Waals surface area contributed by atoms with Crippen LogP contribution >= 0.6 is 0 Å². The van der Waals surface area contributed by atoms with Crippen LogP contribution in [0, 0.1) is 0 Å². The smallest absolute Gasteiger partial charge is 0.255 e. The van der Waals surface area contributed by atoms with Crippen LogP contribution in [0.2, 0.25) is 0 Å². The van der Waals surface area contributed by atoms with Crippen molar-refractivity contribution in [2.24, 2.45) is 0 Å². The number of carbonyl (C=O) groups excluding carboxylic acids is 2. The summed E-state index contributed by atoms with van der Waals surface area (Å²) in [4.78, 5) is 31.9. The normalized spacial score (nSPS) is 14.0. The summed E-state index contributed by atoms with van der Waals surface area (Å²) >= 11 is 0. The highest BCUT2D eigenvalue weighted by molar-refractivity contribution is 5.95. The number of carbonyl (C=O) groups is 2. The average molecular weight is 368 g/mol. The van der Waals surface area contributed by atoms with Gasteiger partial charge in [-0.15, -0.1) is 0 Å². The van der Waals surface area contributed by atoms with Crippen molar-refractivity contribution in [3.05, 3.63) is 53.9 Å². The summed E-state index contributed by atoms with van der Waals surface area (Å²) in [6.45, 7) is 4.34. The lowest BCUT2D eigenvalue weighted by molar-refractivity contribution is -0.130. The molecule has 2 amide bonds. The van der Waals surface area contributed by atoms with Gasteiger partial charge in [-0.1, -0.05) is 18.2 Å². The number of benzene rings is 1. The molecule has 0 atom stereocenters. The van der Waals surface area contributed by atoms with E-state index in [2.05, 4.69) is 10.3 Å². The molecule has 1 aromatic heterocycles. The minimum absolute atomic E-state index is 0.0475. The van der Waals surface area contributed by atoms with E-state index in [1.807, 2.05) is 30.3 Å². The fourth-order valence-electron chi connectivity index (χ4n) is 3.11.